The van der Waals surface area contributed by atoms with Gasteiger partial charge in [-0.15, -0.1) is 0 Å². The average molecular weight is 701 g/mol. The van der Waals surface area contributed by atoms with E-state index in [2.05, 4.69) is 34.1 Å². The number of carbonyl (C=O) groups is 1. The summed E-state index contributed by atoms with van der Waals surface area (Å²) in [5, 5.41) is 2.89. The van der Waals surface area contributed by atoms with Gasteiger partial charge in [0.25, 0.3) is 11.5 Å². The minimum absolute atomic E-state index is 0.159. The Morgan fingerprint density at radius 3 is 2.08 bits per heavy atom. The summed E-state index contributed by atoms with van der Waals surface area (Å²) in [5.74, 6) is 0.219. The second-order valence-electron chi connectivity index (χ2n) is 11.0. The van der Waals surface area contributed by atoms with Crippen LogP contribution in [0.2, 0.25) is 0 Å². The first kappa shape index (κ1) is 36.7. The van der Waals surface area contributed by atoms with Gasteiger partial charge in [0.05, 0.1) is 6.61 Å². The quantitative estimate of drug-likeness (QED) is 0.123. The molecule has 14 heteroatoms. The highest BCUT2D eigenvalue weighted by Crippen LogP contribution is 2.57. The van der Waals surface area contributed by atoms with Crippen molar-refractivity contribution in [3.8, 4) is 0 Å². The summed E-state index contributed by atoms with van der Waals surface area (Å²) in [6, 6.07) is 8.08. The number of rotatable bonds is 11. The van der Waals surface area contributed by atoms with Gasteiger partial charge in [0.2, 0.25) is 0 Å². The second kappa shape index (κ2) is 14.1. The summed E-state index contributed by atoms with van der Waals surface area (Å²) in [5.41, 5.74) is -6.86. The molecule has 3 atom stereocenters. The maximum absolute atomic E-state index is 14.5. The molecule has 1 N–H and O–H groups in total. The summed E-state index contributed by atoms with van der Waals surface area (Å²) < 4.78 is 132. The van der Waals surface area contributed by atoms with Crippen LogP contribution in [-0.4, -0.2) is 35.2 Å². The van der Waals surface area contributed by atoms with Crippen molar-refractivity contribution in [2.45, 2.75) is 54.6 Å². The van der Waals surface area contributed by atoms with Crippen molar-refractivity contribution in [2.24, 2.45) is 0 Å². The fourth-order valence-electron chi connectivity index (χ4n) is 5.64. The predicted molar refractivity (Wildman–Crippen MR) is 166 cm³/mol. The fraction of sp³-hybridized carbons (Fsp3) is 0.265. The third-order valence-corrected chi connectivity index (χ3v) is 10.4. The maximum atomic E-state index is 14.5. The molecular formula is C34H29F9N2O2S. The standard InChI is InChI=1S/C34H29F9N2O2S/c1-21(35)7-8-22(2)48(3)31(16-13-26(19-31)45-30(46)23-14-17-44-18-15-23)24-9-11-25(12-10-24)32(33(38,39)40,34(41,42)43)47-20-27-28(36)5-4-6-29(27)37/h4-12,14-15,17-18,26H,1-3,13,16,19-20H2,(H,45,46)/b8-7-. The van der Waals surface area contributed by atoms with Gasteiger partial charge in [-0.05, 0) is 66.1 Å². The van der Waals surface area contributed by atoms with Crippen molar-refractivity contribution in [3.63, 3.8) is 0 Å². The number of amides is 1. The van der Waals surface area contributed by atoms with Gasteiger partial charge >= 0.3 is 12.4 Å². The van der Waals surface area contributed by atoms with Crippen molar-refractivity contribution >= 4 is 22.3 Å². The number of hydrogen-bond acceptors (Lipinski definition) is 3. The molecule has 48 heavy (non-hydrogen) atoms. The fourth-order valence-corrected chi connectivity index (χ4v) is 7.57. The number of hydrogen-bond donors (Lipinski definition) is 1. The van der Waals surface area contributed by atoms with Gasteiger partial charge < -0.3 is 10.1 Å². The Kier molecular flexibility index (Phi) is 10.8. The second-order valence-corrected chi connectivity index (χ2v) is 13.1. The van der Waals surface area contributed by atoms with Crippen LogP contribution in [0.5, 0.6) is 0 Å². The van der Waals surface area contributed by atoms with Gasteiger partial charge in [-0.1, -0.05) is 49.4 Å². The molecule has 1 aromatic heterocycles. The average Bonchev–Trinajstić information content (AvgIpc) is 3.45. The zero-order valence-corrected chi connectivity index (χ0v) is 25.9. The van der Waals surface area contributed by atoms with Crippen molar-refractivity contribution in [1.82, 2.24) is 10.3 Å². The molecule has 2 aromatic carbocycles. The van der Waals surface area contributed by atoms with Crippen molar-refractivity contribution < 1.29 is 49.0 Å². The van der Waals surface area contributed by atoms with Crippen LogP contribution in [0.1, 0.15) is 46.3 Å². The molecule has 0 bridgehead atoms. The molecule has 4 nitrogen and oxygen atoms in total. The monoisotopic (exact) mass is 700 g/mol. The first-order valence-electron chi connectivity index (χ1n) is 14.2. The SMILES string of the molecule is C=C(F)/C=C\C(=C)S(=C)C1(c2ccc(C(OCc3c(F)cccc3F)(C(F)(F)F)C(F)(F)F)cc2)CCC(NC(=O)c2ccncc2)C1. The molecule has 1 aliphatic rings. The maximum Gasteiger partial charge on any atom is 0.430 e. The Morgan fingerprint density at radius 2 is 1.54 bits per heavy atom. The van der Waals surface area contributed by atoms with Gasteiger partial charge in [-0.2, -0.15) is 36.8 Å². The normalized spacial score (nSPS) is 19.3. The minimum Gasteiger partial charge on any atom is -0.349 e. The molecule has 3 unspecified atom stereocenters. The topological polar surface area (TPSA) is 51.2 Å². The molecule has 1 heterocycles. The third-order valence-electron chi connectivity index (χ3n) is 8.10. The number of nitrogens with zero attached hydrogens (tertiary/aromatic N) is 1. The molecule has 0 radical (unpaired) electrons. The lowest BCUT2D eigenvalue weighted by Gasteiger charge is -2.38. The molecular weight excluding hydrogens is 671 g/mol. The number of carbonyl (C=O) groups excluding carboxylic acids is 1. The lowest BCUT2D eigenvalue weighted by Crippen LogP contribution is -2.56. The highest BCUT2D eigenvalue weighted by atomic mass is 32.2. The van der Waals surface area contributed by atoms with Gasteiger partial charge in [-0.25, -0.2) is 13.2 Å². The van der Waals surface area contributed by atoms with E-state index in [0.29, 0.717) is 41.2 Å². The Hall–Kier alpha value is -4.17. The van der Waals surface area contributed by atoms with Crippen molar-refractivity contribution in [2.75, 3.05) is 0 Å². The van der Waals surface area contributed by atoms with Crippen LogP contribution >= 0.6 is 10.5 Å². The molecule has 0 spiro atoms. The minimum atomic E-state index is -6.12. The van der Waals surface area contributed by atoms with Gasteiger partial charge in [-0.3, -0.25) is 9.78 Å². The van der Waals surface area contributed by atoms with Crippen LogP contribution in [-0.2, 0) is 21.7 Å². The molecule has 1 saturated carbocycles. The van der Waals surface area contributed by atoms with E-state index in [-0.39, 0.29) is 18.4 Å². The summed E-state index contributed by atoms with van der Waals surface area (Å²) in [4.78, 5) is 17.1. The number of aromatic nitrogens is 1. The number of alkyl halides is 6. The van der Waals surface area contributed by atoms with E-state index in [0.717, 1.165) is 24.3 Å². The van der Waals surface area contributed by atoms with Crippen LogP contribution in [0.25, 0.3) is 0 Å². The molecule has 0 aliphatic heterocycles. The van der Waals surface area contributed by atoms with E-state index in [1.54, 1.807) is 0 Å². The molecule has 4 rings (SSSR count). The number of nitrogens with one attached hydrogen (secondary N) is 1. The van der Waals surface area contributed by atoms with Crippen LogP contribution in [0, 0.1) is 11.6 Å². The summed E-state index contributed by atoms with van der Waals surface area (Å²) in [6.07, 6.45) is -6.23. The molecule has 1 aliphatic carbocycles. The lowest BCUT2D eigenvalue weighted by molar-refractivity contribution is -0.392. The van der Waals surface area contributed by atoms with Crippen LogP contribution in [0.4, 0.5) is 39.5 Å². The van der Waals surface area contributed by atoms with Gasteiger partial charge in [0.15, 0.2) is 0 Å². The van der Waals surface area contributed by atoms with Gasteiger partial charge in [0, 0.05) is 39.9 Å². The zero-order valence-electron chi connectivity index (χ0n) is 25.1. The van der Waals surface area contributed by atoms with Crippen molar-refractivity contribution in [1.29, 1.82) is 0 Å². The highest BCUT2D eigenvalue weighted by molar-refractivity contribution is 8.18. The molecule has 0 saturated heterocycles. The summed E-state index contributed by atoms with van der Waals surface area (Å²) in [7, 11) is -1.15. The lowest BCUT2D eigenvalue weighted by atomic mass is 9.88. The first-order valence-corrected chi connectivity index (χ1v) is 15.6. The Labute approximate surface area is 273 Å². The third kappa shape index (κ3) is 7.29. The first-order chi connectivity index (χ1) is 22.4. The number of allylic oxidation sites excluding steroid dienone is 3. The molecule has 3 aromatic rings. The largest absolute Gasteiger partial charge is 0.430 e. The smallest absolute Gasteiger partial charge is 0.349 e. The number of benzene rings is 2. The molecule has 256 valence electrons. The zero-order chi connectivity index (χ0) is 35.5. The van der Waals surface area contributed by atoms with E-state index >= 15 is 0 Å². The number of pyridine rings is 1. The molecule has 1 fully saturated rings. The van der Waals surface area contributed by atoms with Crippen molar-refractivity contribution in [3.05, 3.63) is 137 Å². The Morgan fingerprint density at radius 1 is 0.958 bits per heavy atom. The number of halogens is 9. The predicted octanol–water partition coefficient (Wildman–Crippen LogP) is 9.33. The van der Waals surface area contributed by atoms with Crippen LogP contribution in [0.15, 0.2) is 103 Å². The van der Waals surface area contributed by atoms with Gasteiger partial charge in [0.1, 0.15) is 17.5 Å². The number of ether oxygens (including phenoxy) is 1. The van der Waals surface area contributed by atoms with Crippen LogP contribution in [0.3, 0.4) is 0 Å². The Bertz CT molecular complexity index is 1690. The molecule has 1 amide bonds. The summed E-state index contributed by atoms with van der Waals surface area (Å²) >= 11 is 0. The van der Waals surface area contributed by atoms with E-state index in [9.17, 15) is 44.3 Å². The van der Waals surface area contributed by atoms with E-state index in [4.69, 9.17) is 0 Å². The highest BCUT2D eigenvalue weighted by Gasteiger charge is 2.73. The van der Waals surface area contributed by atoms with E-state index in [1.807, 2.05) is 0 Å². The van der Waals surface area contributed by atoms with E-state index in [1.165, 1.54) is 30.6 Å². The summed E-state index contributed by atoms with van der Waals surface area (Å²) in [6.45, 7) is 5.41. The van der Waals surface area contributed by atoms with E-state index < -0.39 is 80.3 Å². The van der Waals surface area contributed by atoms with Crippen LogP contribution < -0.4 is 5.32 Å². The Balaban J connectivity index is 1.76.